The zero-order valence-corrected chi connectivity index (χ0v) is 9.00. The van der Waals surface area contributed by atoms with Crippen LogP contribution in [-0.4, -0.2) is 15.1 Å². The van der Waals surface area contributed by atoms with Crippen LogP contribution in [-0.2, 0) is 0 Å². The van der Waals surface area contributed by atoms with Crippen molar-refractivity contribution >= 4 is 23.2 Å². The second kappa shape index (κ2) is 4.04. The molecular formula is C10H6Cl2N2O. The Morgan fingerprint density at radius 2 is 1.73 bits per heavy atom. The minimum Gasteiger partial charge on any atom is -0.505 e. The van der Waals surface area contributed by atoms with Crippen LogP contribution in [0.1, 0.15) is 0 Å². The lowest BCUT2D eigenvalue weighted by atomic mass is 10.2. The Morgan fingerprint density at radius 1 is 1.07 bits per heavy atom. The van der Waals surface area contributed by atoms with Crippen LogP contribution in [0, 0.1) is 0 Å². The lowest BCUT2D eigenvalue weighted by Crippen LogP contribution is -1.88. The topological polar surface area (TPSA) is 46.0 Å². The Balaban J connectivity index is 2.49. The Hall–Kier alpha value is -1.32. The summed E-state index contributed by atoms with van der Waals surface area (Å²) in [5, 5.41) is 10.1. The van der Waals surface area contributed by atoms with Gasteiger partial charge in [-0.25, -0.2) is 9.97 Å². The molecule has 0 aliphatic carbocycles. The molecule has 0 atom stereocenters. The van der Waals surface area contributed by atoms with Gasteiger partial charge in [-0.2, -0.15) is 0 Å². The summed E-state index contributed by atoms with van der Waals surface area (Å²) in [6.07, 6.45) is 2.63. The summed E-state index contributed by atoms with van der Waals surface area (Å²) in [6, 6.07) is 5.06. The van der Waals surface area contributed by atoms with Gasteiger partial charge < -0.3 is 5.11 Å². The second-order valence-corrected chi connectivity index (χ2v) is 3.73. The highest BCUT2D eigenvalue weighted by Gasteiger charge is 2.06. The number of hydrogen-bond acceptors (Lipinski definition) is 3. The van der Waals surface area contributed by atoms with Gasteiger partial charge in [0.15, 0.2) is 11.6 Å². The van der Waals surface area contributed by atoms with E-state index >= 15 is 0 Å². The Morgan fingerprint density at radius 3 is 2.33 bits per heavy atom. The first kappa shape index (κ1) is 10.2. The van der Waals surface area contributed by atoms with Crippen molar-refractivity contribution in [1.82, 2.24) is 9.97 Å². The molecule has 15 heavy (non-hydrogen) atoms. The quantitative estimate of drug-likeness (QED) is 0.833. The first-order chi connectivity index (χ1) is 7.16. The molecule has 0 amide bonds. The van der Waals surface area contributed by atoms with Crippen molar-refractivity contribution in [1.29, 1.82) is 0 Å². The molecule has 5 heteroatoms. The minimum absolute atomic E-state index is 0.0174. The maximum Gasteiger partial charge on any atom is 0.160 e. The zero-order valence-electron chi connectivity index (χ0n) is 7.48. The number of benzene rings is 1. The largest absolute Gasteiger partial charge is 0.505 e. The molecule has 0 bridgehead atoms. The molecule has 0 aliphatic heterocycles. The molecule has 76 valence electrons. The highest BCUT2D eigenvalue weighted by atomic mass is 35.5. The van der Waals surface area contributed by atoms with Gasteiger partial charge in [-0.3, -0.25) is 0 Å². The highest BCUT2D eigenvalue weighted by molar-refractivity contribution is 6.36. The average molecular weight is 241 g/mol. The standard InChI is InChI=1S/C10H6Cl2N2O/c11-6-1-2-8(9(12)3-6)10-13-4-7(15)5-14-10/h1-5,15H. The van der Waals surface area contributed by atoms with E-state index < -0.39 is 0 Å². The minimum atomic E-state index is 0.0174. The predicted octanol–water partition coefficient (Wildman–Crippen LogP) is 3.16. The fraction of sp³-hybridized carbons (Fsp3) is 0. The van der Waals surface area contributed by atoms with Gasteiger partial charge in [-0.1, -0.05) is 23.2 Å². The Bertz CT molecular complexity index is 485. The normalized spacial score (nSPS) is 10.3. The van der Waals surface area contributed by atoms with Crippen molar-refractivity contribution in [2.45, 2.75) is 0 Å². The second-order valence-electron chi connectivity index (χ2n) is 2.89. The molecule has 2 rings (SSSR count). The van der Waals surface area contributed by atoms with Gasteiger partial charge in [0.1, 0.15) is 0 Å². The summed E-state index contributed by atoms with van der Waals surface area (Å²) in [5.74, 6) is 0.471. The summed E-state index contributed by atoms with van der Waals surface area (Å²) in [7, 11) is 0. The van der Waals surface area contributed by atoms with Crippen LogP contribution >= 0.6 is 23.2 Å². The van der Waals surface area contributed by atoms with Crippen molar-refractivity contribution in [2.24, 2.45) is 0 Å². The average Bonchev–Trinajstić information content (AvgIpc) is 2.20. The third-order valence-electron chi connectivity index (χ3n) is 1.81. The number of halogens is 2. The van der Waals surface area contributed by atoms with Gasteiger partial charge in [0, 0.05) is 10.6 Å². The van der Waals surface area contributed by atoms with Gasteiger partial charge in [-0.15, -0.1) is 0 Å². The molecule has 3 nitrogen and oxygen atoms in total. The van der Waals surface area contributed by atoms with Crippen LogP contribution in [0.15, 0.2) is 30.6 Å². The number of rotatable bonds is 1. The first-order valence-corrected chi connectivity index (χ1v) is 4.89. The molecule has 1 N–H and O–H groups in total. The van der Waals surface area contributed by atoms with E-state index in [0.29, 0.717) is 21.4 Å². The fourth-order valence-corrected chi connectivity index (χ4v) is 1.62. The summed E-state index contributed by atoms with van der Waals surface area (Å²) in [5.41, 5.74) is 0.682. The smallest absolute Gasteiger partial charge is 0.160 e. The van der Waals surface area contributed by atoms with Crippen LogP contribution in [0.3, 0.4) is 0 Å². The predicted molar refractivity (Wildman–Crippen MR) is 59.2 cm³/mol. The molecule has 2 aromatic rings. The van der Waals surface area contributed by atoms with E-state index in [0.717, 1.165) is 0 Å². The molecule has 0 radical (unpaired) electrons. The van der Waals surface area contributed by atoms with Crippen molar-refractivity contribution in [3.8, 4) is 17.1 Å². The summed E-state index contributed by atoms with van der Waals surface area (Å²) in [6.45, 7) is 0. The number of hydrogen-bond donors (Lipinski definition) is 1. The molecule has 1 aromatic carbocycles. The molecular weight excluding hydrogens is 235 g/mol. The summed E-state index contributed by atoms with van der Waals surface area (Å²) in [4.78, 5) is 7.90. The zero-order chi connectivity index (χ0) is 10.8. The van der Waals surface area contributed by atoms with E-state index in [2.05, 4.69) is 9.97 Å². The maximum absolute atomic E-state index is 9.04. The molecule has 1 aromatic heterocycles. The van der Waals surface area contributed by atoms with Gasteiger partial charge in [0.25, 0.3) is 0 Å². The van der Waals surface area contributed by atoms with E-state index in [1.165, 1.54) is 12.4 Å². The maximum atomic E-state index is 9.04. The van der Waals surface area contributed by atoms with E-state index in [4.69, 9.17) is 28.3 Å². The molecule has 0 fully saturated rings. The van der Waals surface area contributed by atoms with E-state index in [1.807, 2.05) is 0 Å². The van der Waals surface area contributed by atoms with Gasteiger partial charge >= 0.3 is 0 Å². The van der Waals surface area contributed by atoms with Crippen molar-refractivity contribution in [2.75, 3.05) is 0 Å². The van der Waals surface area contributed by atoms with Crippen LogP contribution in [0.4, 0.5) is 0 Å². The van der Waals surface area contributed by atoms with Crippen LogP contribution in [0.5, 0.6) is 5.75 Å². The third kappa shape index (κ3) is 2.19. The van der Waals surface area contributed by atoms with E-state index in [-0.39, 0.29) is 5.75 Å². The lowest BCUT2D eigenvalue weighted by molar-refractivity contribution is 0.470. The van der Waals surface area contributed by atoms with Crippen LogP contribution in [0.2, 0.25) is 10.0 Å². The van der Waals surface area contributed by atoms with Gasteiger partial charge in [0.05, 0.1) is 17.4 Å². The molecule has 0 saturated heterocycles. The third-order valence-corrected chi connectivity index (χ3v) is 2.36. The molecule has 0 unspecified atom stereocenters. The Kier molecular flexibility index (Phi) is 2.75. The van der Waals surface area contributed by atoms with E-state index in [9.17, 15) is 0 Å². The molecule has 0 saturated carbocycles. The highest BCUT2D eigenvalue weighted by Crippen LogP contribution is 2.27. The number of aromatic nitrogens is 2. The monoisotopic (exact) mass is 240 g/mol. The first-order valence-electron chi connectivity index (χ1n) is 4.13. The van der Waals surface area contributed by atoms with Gasteiger partial charge in [0.2, 0.25) is 0 Å². The SMILES string of the molecule is Oc1cnc(-c2ccc(Cl)cc2Cl)nc1. The van der Waals surface area contributed by atoms with Gasteiger partial charge in [-0.05, 0) is 18.2 Å². The fourth-order valence-electron chi connectivity index (χ4n) is 1.13. The van der Waals surface area contributed by atoms with Crippen LogP contribution < -0.4 is 0 Å². The number of nitrogens with zero attached hydrogens (tertiary/aromatic N) is 2. The van der Waals surface area contributed by atoms with Crippen LogP contribution in [0.25, 0.3) is 11.4 Å². The summed E-state index contributed by atoms with van der Waals surface area (Å²) < 4.78 is 0. The van der Waals surface area contributed by atoms with Crippen molar-refractivity contribution in [3.63, 3.8) is 0 Å². The van der Waals surface area contributed by atoms with Crippen molar-refractivity contribution in [3.05, 3.63) is 40.6 Å². The molecule has 1 heterocycles. The molecule has 0 aliphatic rings. The molecule has 0 spiro atoms. The summed E-state index contributed by atoms with van der Waals surface area (Å²) >= 11 is 11.7. The van der Waals surface area contributed by atoms with E-state index in [1.54, 1.807) is 18.2 Å². The Labute approximate surface area is 96.3 Å². The lowest BCUT2D eigenvalue weighted by Gasteiger charge is -2.02. The number of aromatic hydroxyl groups is 1. The van der Waals surface area contributed by atoms with Crippen molar-refractivity contribution < 1.29 is 5.11 Å².